The van der Waals surface area contributed by atoms with Crippen LogP contribution in [0.4, 0.5) is 0 Å². The standard InChI is InChI=1S/C18H20O3/c1-11(2)18(19)21-13(4)9-15-10-20-17-8-12(3)6-7-16(17)14(15)5/h8-9H,1,4-7,10H2,2-3H3/b15-9-. The van der Waals surface area contributed by atoms with Crippen molar-refractivity contribution in [2.24, 2.45) is 0 Å². The van der Waals surface area contributed by atoms with Crippen LogP contribution in [0.3, 0.4) is 0 Å². The van der Waals surface area contributed by atoms with Crippen molar-refractivity contribution < 1.29 is 14.3 Å². The number of esters is 1. The van der Waals surface area contributed by atoms with Crippen LogP contribution in [0.5, 0.6) is 0 Å². The summed E-state index contributed by atoms with van der Waals surface area (Å²) >= 11 is 0. The predicted molar refractivity (Wildman–Crippen MR) is 83.2 cm³/mol. The molecule has 1 aliphatic carbocycles. The van der Waals surface area contributed by atoms with Gasteiger partial charge < -0.3 is 9.47 Å². The monoisotopic (exact) mass is 284 g/mol. The molecule has 0 radical (unpaired) electrons. The molecule has 2 aliphatic rings. The molecule has 1 heterocycles. The van der Waals surface area contributed by atoms with Crippen molar-refractivity contribution in [3.05, 3.63) is 71.3 Å². The first kappa shape index (κ1) is 15.1. The van der Waals surface area contributed by atoms with Crippen LogP contribution in [-0.2, 0) is 14.3 Å². The summed E-state index contributed by atoms with van der Waals surface area (Å²) in [5.41, 5.74) is 4.60. The number of hydrogen-bond donors (Lipinski definition) is 0. The summed E-state index contributed by atoms with van der Waals surface area (Å²) in [6.07, 6.45) is 5.71. The Morgan fingerprint density at radius 1 is 1.38 bits per heavy atom. The van der Waals surface area contributed by atoms with E-state index in [0.29, 0.717) is 12.2 Å². The summed E-state index contributed by atoms with van der Waals surface area (Å²) < 4.78 is 10.8. The smallest absolute Gasteiger partial charge is 0.338 e. The van der Waals surface area contributed by atoms with Gasteiger partial charge in [0.2, 0.25) is 0 Å². The fourth-order valence-corrected chi connectivity index (χ4v) is 2.25. The highest BCUT2D eigenvalue weighted by atomic mass is 16.5. The van der Waals surface area contributed by atoms with Gasteiger partial charge in [-0.1, -0.05) is 25.3 Å². The van der Waals surface area contributed by atoms with E-state index in [1.807, 2.05) is 0 Å². The Balaban J connectivity index is 2.15. The zero-order chi connectivity index (χ0) is 15.6. The Bertz CT molecular complexity index is 627. The average molecular weight is 284 g/mol. The van der Waals surface area contributed by atoms with Gasteiger partial charge in [-0.25, -0.2) is 4.79 Å². The number of rotatable bonds is 3. The highest BCUT2D eigenvalue weighted by molar-refractivity contribution is 5.87. The largest absolute Gasteiger partial charge is 0.489 e. The second-order valence-corrected chi connectivity index (χ2v) is 5.41. The van der Waals surface area contributed by atoms with Crippen LogP contribution in [-0.4, -0.2) is 12.6 Å². The highest BCUT2D eigenvalue weighted by Crippen LogP contribution is 2.36. The summed E-state index contributed by atoms with van der Waals surface area (Å²) in [5, 5.41) is 0. The van der Waals surface area contributed by atoms with E-state index in [1.54, 1.807) is 13.0 Å². The molecule has 0 aromatic heterocycles. The Morgan fingerprint density at radius 2 is 2.10 bits per heavy atom. The zero-order valence-corrected chi connectivity index (χ0v) is 12.6. The fourth-order valence-electron chi connectivity index (χ4n) is 2.25. The van der Waals surface area contributed by atoms with Crippen LogP contribution in [0.2, 0.25) is 0 Å². The van der Waals surface area contributed by atoms with Gasteiger partial charge in [0, 0.05) is 11.1 Å². The molecule has 0 amide bonds. The molecular weight excluding hydrogens is 264 g/mol. The van der Waals surface area contributed by atoms with Crippen LogP contribution in [0.1, 0.15) is 26.7 Å². The highest BCUT2D eigenvalue weighted by Gasteiger charge is 2.23. The van der Waals surface area contributed by atoms with E-state index in [2.05, 4.69) is 32.7 Å². The normalized spacial score (nSPS) is 19.6. The van der Waals surface area contributed by atoms with E-state index in [-0.39, 0.29) is 5.76 Å². The number of hydrogen-bond acceptors (Lipinski definition) is 3. The first-order chi connectivity index (χ1) is 9.88. The van der Waals surface area contributed by atoms with Gasteiger partial charge in [-0.15, -0.1) is 0 Å². The summed E-state index contributed by atoms with van der Waals surface area (Å²) in [4.78, 5) is 11.5. The molecule has 0 aromatic carbocycles. The number of carbonyl (C=O) groups is 1. The summed E-state index contributed by atoms with van der Waals surface area (Å²) in [7, 11) is 0. The van der Waals surface area contributed by atoms with Gasteiger partial charge >= 0.3 is 5.97 Å². The van der Waals surface area contributed by atoms with Crippen molar-refractivity contribution in [2.45, 2.75) is 26.7 Å². The number of allylic oxidation sites excluding steroid dienone is 4. The Labute approximate surface area is 125 Å². The lowest BCUT2D eigenvalue weighted by atomic mass is 9.88. The fraction of sp³-hybridized carbons (Fsp3) is 0.278. The molecule has 0 atom stereocenters. The quantitative estimate of drug-likeness (QED) is 0.444. The van der Waals surface area contributed by atoms with Gasteiger partial charge in [-0.05, 0) is 50.0 Å². The molecule has 110 valence electrons. The number of ether oxygens (including phenoxy) is 2. The van der Waals surface area contributed by atoms with Gasteiger partial charge in [-0.2, -0.15) is 0 Å². The molecule has 0 fully saturated rings. The van der Waals surface area contributed by atoms with Crippen molar-refractivity contribution in [1.82, 2.24) is 0 Å². The second kappa shape index (κ2) is 6.00. The molecule has 0 bridgehead atoms. The molecule has 3 heteroatoms. The van der Waals surface area contributed by atoms with Crippen LogP contribution >= 0.6 is 0 Å². The van der Waals surface area contributed by atoms with Gasteiger partial charge in [-0.3, -0.25) is 0 Å². The molecule has 0 aromatic rings. The van der Waals surface area contributed by atoms with Gasteiger partial charge in [0.1, 0.15) is 18.1 Å². The molecule has 3 nitrogen and oxygen atoms in total. The topological polar surface area (TPSA) is 35.5 Å². The maximum atomic E-state index is 11.5. The molecule has 1 aliphatic heterocycles. The Hall–Kier alpha value is -2.29. The first-order valence-corrected chi connectivity index (χ1v) is 6.88. The molecule has 0 unspecified atom stereocenters. The second-order valence-electron chi connectivity index (χ2n) is 5.41. The van der Waals surface area contributed by atoms with Crippen LogP contribution in [0.25, 0.3) is 0 Å². The van der Waals surface area contributed by atoms with Crippen molar-refractivity contribution in [3.8, 4) is 0 Å². The Kier molecular flexibility index (Phi) is 4.32. The third-order valence-electron chi connectivity index (χ3n) is 3.49. The third kappa shape index (κ3) is 3.43. The lowest BCUT2D eigenvalue weighted by Gasteiger charge is -2.27. The minimum atomic E-state index is -0.477. The summed E-state index contributed by atoms with van der Waals surface area (Å²) in [6.45, 7) is 15.5. The minimum absolute atomic E-state index is 0.273. The van der Waals surface area contributed by atoms with Gasteiger partial charge in [0.15, 0.2) is 0 Å². The molecule has 21 heavy (non-hydrogen) atoms. The van der Waals surface area contributed by atoms with E-state index < -0.39 is 5.97 Å². The maximum Gasteiger partial charge on any atom is 0.338 e. The van der Waals surface area contributed by atoms with Crippen molar-refractivity contribution >= 4 is 5.97 Å². The summed E-state index contributed by atoms with van der Waals surface area (Å²) in [5.74, 6) is 0.704. The van der Waals surface area contributed by atoms with Crippen LogP contribution in [0.15, 0.2) is 71.3 Å². The van der Waals surface area contributed by atoms with Crippen molar-refractivity contribution in [3.63, 3.8) is 0 Å². The van der Waals surface area contributed by atoms with Crippen LogP contribution < -0.4 is 0 Å². The van der Waals surface area contributed by atoms with Gasteiger partial charge in [0.25, 0.3) is 0 Å². The van der Waals surface area contributed by atoms with E-state index >= 15 is 0 Å². The molecule has 0 N–H and O–H groups in total. The van der Waals surface area contributed by atoms with E-state index in [0.717, 1.165) is 35.3 Å². The maximum absolute atomic E-state index is 11.5. The SMILES string of the molecule is C=C(/C=C1/COC2=C(CCC(C)=C2)C1=C)OC(=O)C(=C)C. The van der Waals surface area contributed by atoms with E-state index in [4.69, 9.17) is 9.47 Å². The summed E-state index contributed by atoms with van der Waals surface area (Å²) in [6, 6.07) is 0. The Morgan fingerprint density at radius 3 is 2.76 bits per heavy atom. The van der Waals surface area contributed by atoms with E-state index in [9.17, 15) is 4.79 Å². The third-order valence-corrected chi connectivity index (χ3v) is 3.49. The lowest BCUT2D eigenvalue weighted by Crippen LogP contribution is -2.14. The van der Waals surface area contributed by atoms with Crippen molar-refractivity contribution in [1.29, 1.82) is 0 Å². The van der Waals surface area contributed by atoms with E-state index in [1.165, 1.54) is 5.57 Å². The van der Waals surface area contributed by atoms with Crippen molar-refractivity contribution in [2.75, 3.05) is 6.61 Å². The van der Waals surface area contributed by atoms with Crippen LogP contribution in [0, 0.1) is 0 Å². The van der Waals surface area contributed by atoms with Gasteiger partial charge in [0.05, 0.1) is 0 Å². The molecule has 0 saturated carbocycles. The predicted octanol–water partition coefficient (Wildman–Crippen LogP) is 4.13. The lowest BCUT2D eigenvalue weighted by molar-refractivity contribution is -0.134. The zero-order valence-electron chi connectivity index (χ0n) is 12.6. The first-order valence-electron chi connectivity index (χ1n) is 6.88. The average Bonchev–Trinajstić information content (AvgIpc) is 2.41. The molecule has 0 saturated heterocycles. The molecular formula is C18H20O3. The minimum Gasteiger partial charge on any atom is -0.489 e. The molecule has 0 spiro atoms. The molecule has 2 rings (SSSR count). The number of carbonyl (C=O) groups excluding carboxylic acids is 1.